The zero-order valence-electron chi connectivity index (χ0n) is 13.4. The monoisotopic (exact) mass is 352 g/mol. The van der Waals surface area contributed by atoms with Crippen LogP contribution < -0.4 is 4.72 Å². The third-order valence-corrected chi connectivity index (χ3v) is 6.69. The van der Waals surface area contributed by atoms with Crippen LogP contribution in [0.5, 0.6) is 0 Å². The fraction of sp³-hybridized carbons (Fsp3) is 0.500. The Morgan fingerprint density at radius 3 is 2.50 bits per heavy atom. The lowest BCUT2D eigenvalue weighted by Gasteiger charge is -2.23. The molecule has 0 unspecified atom stereocenters. The molecule has 130 valence electrons. The van der Waals surface area contributed by atoms with Gasteiger partial charge >= 0.3 is 5.97 Å². The van der Waals surface area contributed by atoms with Gasteiger partial charge in [0, 0.05) is 18.7 Å². The molecule has 1 aliphatic carbocycles. The van der Waals surface area contributed by atoms with Crippen LogP contribution >= 0.6 is 0 Å². The van der Waals surface area contributed by atoms with Crippen LogP contribution in [0, 0.1) is 11.3 Å². The van der Waals surface area contributed by atoms with Gasteiger partial charge in [-0.2, -0.15) is 0 Å². The Hall–Kier alpha value is -1.93. The first kappa shape index (κ1) is 16.9. The van der Waals surface area contributed by atoms with E-state index in [1.54, 1.807) is 4.90 Å². The molecule has 3 rings (SSSR count). The number of fused-ring (bicyclic) bond motifs is 1. The van der Waals surface area contributed by atoms with E-state index in [4.69, 9.17) is 0 Å². The highest BCUT2D eigenvalue weighted by atomic mass is 32.2. The Balaban J connectivity index is 1.80. The number of aliphatic carboxylic acids is 1. The lowest BCUT2D eigenvalue weighted by molar-refractivity contribution is -0.149. The molecule has 1 heterocycles. The Bertz CT molecular complexity index is 774. The average Bonchev–Trinajstić information content (AvgIpc) is 3.12. The number of benzene rings is 1. The third-order valence-electron chi connectivity index (χ3n) is 5.26. The molecule has 1 saturated carbocycles. The highest BCUT2D eigenvalue weighted by Crippen LogP contribution is 2.49. The highest BCUT2D eigenvalue weighted by molar-refractivity contribution is 7.89. The van der Waals surface area contributed by atoms with Crippen molar-refractivity contribution in [2.45, 2.75) is 24.2 Å². The van der Waals surface area contributed by atoms with Crippen LogP contribution in [0.25, 0.3) is 0 Å². The topological polar surface area (TPSA) is 104 Å². The van der Waals surface area contributed by atoms with Crippen molar-refractivity contribution in [2.75, 3.05) is 20.1 Å². The van der Waals surface area contributed by atoms with Gasteiger partial charge < -0.3 is 10.0 Å². The van der Waals surface area contributed by atoms with Crippen molar-refractivity contribution < 1.29 is 23.1 Å². The number of carboxylic acids is 1. The molecule has 24 heavy (non-hydrogen) atoms. The van der Waals surface area contributed by atoms with Gasteiger partial charge in [0.25, 0.3) is 5.91 Å². The number of amides is 1. The molecule has 0 radical (unpaired) electrons. The molecule has 1 saturated heterocycles. The Morgan fingerprint density at radius 2 is 1.96 bits per heavy atom. The van der Waals surface area contributed by atoms with Gasteiger partial charge in [-0.1, -0.05) is 6.42 Å². The van der Waals surface area contributed by atoms with Gasteiger partial charge in [-0.3, -0.25) is 9.59 Å². The molecule has 0 spiro atoms. The van der Waals surface area contributed by atoms with Gasteiger partial charge in [0.2, 0.25) is 10.0 Å². The first-order valence-corrected chi connectivity index (χ1v) is 9.35. The van der Waals surface area contributed by atoms with E-state index in [0.29, 0.717) is 18.5 Å². The smallest absolute Gasteiger partial charge is 0.311 e. The van der Waals surface area contributed by atoms with Gasteiger partial charge in [0.15, 0.2) is 0 Å². The molecule has 1 amide bonds. The highest BCUT2D eigenvalue weighted by Gasteiger charge is 2.55. The predicted octanol–water partition coefficient (Wildman–Crippen LogP) is 0.922. The number of sulfonamides is 1. The van der Waals surface area contributed by atoms with Crippen LogP contribution in [0.1, 0.15) is 29.6 Å². The second kappa shape index (κ2) is 5.86. The Labute approximate surface area is 140 Å². The van der Waals surface area contributed by atoms with Crippen molar-refractivity contribution >= 4 is 21.9 Å². The number of nitrogens with one attached hydrogen (secondary N) is 1. The summed E-state index contributed by atoms with van der Waals surface area (Å²) in [5.74, 6) is -1.07. The van der Waals surface area contributed by atoms with Crippen LogP contribution in [-0.2, 0) is 14.8 Å². The van der Waals surface area contributed by atoms with Gasteiger partial charge in [0.05, 0.1) is 10.3 Å². The molecule has 7 nitrogen and oxygen atoms in total. The maximum Gasteiger partial charge on any atom is 0.311 e. The number of carbonyl (C=O) groups excluding carboxylic acids is 1. The fourth-order valence-electron chi connectivity index (χ4n) is 3.87. The van der Waals surface area contributed by atoms with E-state index in [2.05, 4.69) is 4.72 Å². The van der Waals surface area contributed by atoms with Gasteiger partial charge in [-0.15, -0.1) is 0 Å². The van der Waals surface area contributed by atoms with E-state index in [1.807, 2.05) is 0 Å². The standard InChI is InChI=1S/C16H20N2O5S/c1-17-24(22,23)13-6-4-11(5-7-13)14(19)18-9-12-3-2-8-16(12,10-18)15(20)21/h4-7,12,17H,2-3,8-10H2,1H3,(H,20,21)/t12-,16+/m0/s1. The van der Waals surface area contributed by atoms with Crippen molar-refractivity contribution in [1.82, 2.24) is 9.62 Å². The minimum atomic E-state index is -3.55. The third kappa shape index (κ3) is 2.59. The maximum atomic E-state index is 12.6. The Morgan fingerprint density at radius 1 is 1.29 bits per heavy atom. The molecule has 2 aliphatic rings. The second-order valence-corrected chi connectivity index (χ2v) is 8.35. The van der Waals surface area contributed by atoms with Crippen LogP contribution in [0.4, 0.5) is 0 Å². The molecule has 1 aromatic carbocycles. The van der Waals surface area contributed by atoms with Gasteiger partial charge in [-0.25, -0.2) is 13.1 Å². The van der Waals surface area contributed by atoms with Crippen molar-refractivity contribution in [3.05, 3.63) is 29.8 Å². The minimum Gasteiger partial charge on any atom is -0.481 e. The zero-order valence-corrected chi connectivity index (χ0v) is 14.2. The minimum absolute atomic E-state index is 0.00268. The molecule has 2 N–H and O–H groups in total. The summed E-state index contributed by atoms with van der Waals surface area (Å²) < 4.78 is 25.6. The number of hydrogen-bond acceptors (Lipinski definition) is 4. The van der Waals surface area contributed by atoms with Gasteiger partial charge in [0.1, 0.15) is 0 Å². The summed E-state index contributed by atoms with van der Waals surface area (Å²) >= 11 is 0. The molecule has 2 fully saturated rings. The largest absolute Gasteiger partial charge is 0.481 e. The van der Waals surface area contributed by atoms with Crippen LogP contribution in [0.3, 0.4) is 0 Å². The summed E-state index contributed by atoms with van der Waals surface area (Å²) in [4.78, 5) is 26.0. The lowest BCUT2D eigenvalue weighted by atomic mass is 9.81. The molecule has 0 bridgehead atoms. The first-order chi connectivity index (χ1) is 11.3. The quantitative estimate of drug-likeness (QED) is 0.839. The van der Waals surface area contributed by atoms with Gasteiger partial charge in [-0.05, 0) is 50.1 Å². The molecule has 0 aromatic heterocycles. The molecule has 2 atom stereocenters. The predicted molar refractivity (Wildman–Crippen MR) is 86.0 cm³/mol. The summed E-state index contributed by atoms with van der Waals surface area (Å²) in [5, 5.41) is 9.59. The second-order valence-electron chi connectivity index (χ2n) is 6.47. The van der Waals surface area contributed by atoms with Crippen molar-refractivity contribution in [3.63, 3.8) is 0 Å². The summed E-state index contributed by atoms with van der Waals surface area (Å²) in [6, 6.07) is 5.69. The number of nitrogens with zero attached hydrogens (tertiary/aromatic N) is 1. The number of carboxylic acid groups (broad SMARTS) is 1. The van der Waals surface area contributed by atoms with Crippen molar-refractivity contribution in [3.8, 4) is 0 Å². The van der Waals surface area contributed by atoms with Crippen LogP contribution in [0.2, 0.25) is 0 Å². The Kier molecular flexibility index (Phi) is 4.13. The summed E-state index contributed by atoms with van der Waals surface area (Å²) in [5.41, 5.74) is -0.448. The fourth-order valence-corrected chi connectivity index (χ4v) is 4.60. The summed E-state index contributed by atoms with van der Waals surface area (Å²) in [7, 11) is -2.22. The van der Waals surface area contributed by atoms with E-state index in [1.165, 1.54) is 31.3 Å². The molecule has 1 aliphatic heterocycles. The van der Waals surface area contributed by atoms with E-state index >= 15 is 0 Å². The number of likely N-dealkylation sites (tertiary alicyclic amines) is 1. The molecular formula is C16H20N2O5S. The molecular weight excluding hydrogens is 332 g/mol. The van der Waals surface area contributed by atoms with E-state index in [-0.39, 0.29) is 23.3 Å². The van der Waals surface area contributed by atoms with E-state index in [0.717, 1.165) is 12.8 Å². The lowest BCUT2D eigenvalue weighted by Crippen LogP contribution is -2.37. The first-order valence-electron chi connectivity index (χ1n) is 7.86. The average molecular weight is 352 g/mol. The normalized spacial score (nSPS) is 26.4. The summed E-state index contributed by atoms with van der Waals surface area (Å²) in [6.45, 7) is 0.671. The number of carbonyl (C=O) groups is 2. The van der Waals surface area contributed by atoms with Crippen LogP contribution in [0.15, 0.2) is 29.2 Å². The molecule has 1 aromatic rings. The zero-order chi connectivity index (χ0) is 17.5. The number of rotatable bonds is 4. The van der Waals surface area contributed by atoms with E-state index < -0.39 is 21.4 Å². The molecule has 8 heteroatoms. The van der Waals surface area contributed by atoms with E-state index in [9.17, 15) is 23.1 Å². The summed E-state index contributed by atoms with van der Waals surface area (Å²) in [6.07, 6.45) is 2.32. The van der Waals surface area contributed by atoms with Crippen LogP contribution in [-0.4, -0.2) is 50.4 Å². The van der Waals surface area contributed by atoms with Crippen molar-refractivity contribution in [1.29, 1.82) is 0 Å². The number of hydrogen-bond donors (Lipinski definition) is 2. The van der Waals surface area contributed by atoms with Crippen molar-refractivity contribution in [2.24, 2.45) is 11.3 Å². The SMILES string of the molecule is CNS(=O)(=O)c1ccc(C(=O)N2C[C@@H]3CCC[C@@]3(C(=O)O)C2)cc1. The maximum absolute atomic E-state index is 12.6.